The lowest BCUT2D eigenvalue weighted by Crippen LogP contribution is -2.43. The van der Waals surface area contributed by atoms with Gasteiger partial charge in [0, 0.05) is 27.8 Å². The SMILES string of the molecule is N#CC1=C(N)C(C#N)(C#N)[C@@H](c2ccccc2Br)[C@@H]2CSCC=C12. The molecular formula is C18H13BrN4S. The molecule has 0 amide bonds. The van der Waals surface area contributed by atoms with E-state index in [4.69, 9.17) is 5.73 Å². The topological polar surface area (TPSA) is 97.4 Å². The molecule has 0 fully saturated rings. The van der Waals surface area contributed by atoms with E-state index in [9.17, 15) is 15.8 Å². The quantitative estimate of drug-likeness (QED) is 0.781. The van der Waals surface area contributed by atoms with Crippen molar-refractivity contribution in [2.75, 3.05) is 11.5 Å². The first-order valence-electron chi connectivity index (χ1n) is 7.36. The monoisotopic (exact) mass is 396 g/mol. The molecule has 1 aliphatic carbocycles. The van der Waals surface area contributed by atoms with Gasteiger partial charge in [0.1, 0.15) is 6.07 Å². The van der Waals surface area contributed by atoms with Crippen LogP contribution in [0.3, 0.4) is 0 Å². The molecule has 2 aliphatic rings. The molecule has 3 rings (SSSR count). The Morgan fingerprint density at radius 1 is 1.21 bits per heavy atom. The molecule has 0 aromatic heterocycles. The number of allylic oxidation sites excluding steroid dienone is 3. The number of hydrogen-bond acceptors (Lipinski definition) is 5. The second-order valence-corrected chi connectivity index (χ2v) is 7.66. The summed E-state index contributed by atoms with van der Waals surface area (Å²) in [4.78, 5) is 0. The average Bonchev–Trinajstić information content (AvgIpc) is 2.62. The lowest BCUT2D eigenvalue weighted by atomic mass is 9.59. The molecule has 0 spiro atoms. The zero-order valence-electron chi connectivity index (χ0n) is 12.7. The van der Waals surface area contributed by atoms with Gasteiger partial charge in [-0.1, -0.05) is 40.2 Å². The van der Waals surface area contributed by atoms with Crippen molar-refractivity contribution in [1.29, 1.82) is 15.8 Å². The Morgan fingerprint density at radius 3 is 2.54 bits per heavy atom. The van der Waals surface area contributed by atoms with E-state index in [-0.39, 0.29) is 11.6 Å². The fourth-order valence-electron chi connectivity index (χ4n) is 3.56. The van der Waals surface area contributed by atoms with Crippen LogP contribution in [0.5, 0.6) is 0 Å². The van der Waals surface area contributed by atoms with Crippen molar-refractivity contribution in [2.45, 2.75) is 5.92 Å². The third-order valence-electron chi connectivity index (χ3n) is 4.67. The molecule has 24 heavy (non-hydrogen) atoms. The van der Waals surface area contributed by atoms with E-state index in [2.05, 4.69) is 34.1 Å². The summed E-state index contributed by atoms with van der Waals surface area (Å²) in [6, 6.07) is 14.0. The highest BCUT2D eigenvalue weighted by Gasteiger charge is 2.54. The third-order valence-corrected chi connectivity index (χ3v) is 6.39. The van der Waals surface area contributed by atoms with Gasteiger partial charge in [0.25, 0.3) is 0 Å². The van der Waals surface area contributed by atoms with Crippen LogP contribution in [0, 0.1) is 45.3 Å². The average molecular weight is 397 g/mol. The van der Waals surface area contributed by atoms with Crippen LogP contribution in [0.25, 0.3) is 0 Å². The molecule has 0 unspecified atom stereocenters. The minimum absolute atomic E-state index is 0.0742. The van der Waals surface area contributed by atoms with Gasteiger partial charge in [0.05, 0.1) is 23.4 Å². The smallest absolute Gasteiger partial charge is 0.191 e. The number of benzene rings is 1. The van der Waals surface area contributed by atoms with Gasteiger partial charge in [-0.2, -0.15) is 27.5 Å². The predicted molar refractivity (Wildman–Crippen MR) is 96.3 cm³/mol. The highest BCUT2D eigenvalue weighted by atomic mass is 79.9. The summed E-state index contributed by atoms with van der Waals surface area (Å²) in [5.41, 5.74) is 6.79. The summed E-state index contributed by atoms with van der Waals surface area (Å²) in [6.07, 6.45) is 2.01. The highest BCUT2D eigenvalue weighted by molar-refractivity contribution is 9.10. The maximum Gasteiger partial charge on any atom is 0.191 e. The van der Waals surface area contributed by atoms with Crippen molar-refractivity contribution >= 4 is 27.7 Å². The van der Waals surface area contributed by atoms with E-state index in [0.29, 0.717) is 5.57 Å². The van der Waals surface area contributed by atoms with Gasteiger partial charge >= 0.3 is 0 Å². The van der Waals surface area contributed by atoms with Crippen LogP contribution >= 0.6 is 27.7 Å². The Morgan fingerprint density at radius 2 is 1.92 bits per heavy atom. The Hall–Kier alpha value is -2.20. The Bertz CT molecular complexity index is 868. The summed E-state index contributed by atoms with van der Waals surface area (Å²) >= 11 is 5.28. The summed E-state index contributed by atoms with van der Waals surface area (Å²) in [6.45, 7) is 0. The van der Waals surface area contributed by atoms with Gasteiger partial charge in [0.2, 0.25) is 0 Å². The summed E-state index contributed by atoms with van der Waals surface area (Å²) in [5.74, 6) is 1.04. The molecule has 1 aliphatic heterocycles. The van der Waals surface area contributed by atoms with Crippen LogP contribution in [-0.4, -0.2) is 11.5 Å². The number of nitrogens with two attached hydrogens (primary N) is 1. The number of nitriles is 3. The van der Waals surface area contributed by atoms with Gasteiger partial charge < -0.3 is 5.73 Å². The molecular weight excluding hydrogens is 384 g/mol. The van der Waals surface area contributed by atoms with Gasteiger partial charge in [-0.25, -0.2) is 0 Å². The molecule has 2 atom stereocenters. The number of thioether (sulfide) groups is 1. The maximum atomic E-state index is 9.90. The van der Waals surface area contributed by atoms with Gasteiger partial charge in [0.15, 0.2) is 5.41 Å². The molecule has 6 heteroatoms. The van der Waals surface area contributed by atoms with Gasteiger partial charge in [-0.05, 0) is 17.2 Å². The zero-order valence-corrected chi connectivity index (χ0v) is 15.1. The molecule has 1 heterocycles. The van der Waals surface area contributed by atoms with Crippen molar-refractivity contribution in [3.05, 3.63) is 57.2 Å². The number of nitrogens with zero attached hydrogens (tertiary/aromatic N) is 3. The van der Waals surface area contributed by atoms with Crippen molar-refractivity contribution in [3.63, 3.8) is 0 Å². The van der Waals surface area contributed by atoms with Crippen LogP contribution in [0.15, 0.2) is 51.7 Å². The van der Waals surface area contributed by atoms with Crippen molar-refractivity contribution < 1.29 is 0 Å². The fraction of sp³-hybridized carbons (Fsp3) is 0.278. The molecule has 0 radical (unpaired) electrons. The lowest BCUT2D eigenvalue weighted by molar-refractivity contribution is 0.367. The Kier molecular flexibility index (Phi) is 4.41. The molecule has 4 nitrogen and oxygen atoms in total. The molecule has 118 valence electrons. The van der Waals surface area contributed by atoms with Gasteiger partial charge in [-0.15, -0.1) is 0 Å². The first kappa shape index (κ1) is 16.7. The lowest BCUT2D eigenvalue weighted by Gasteiger charge is -2.43. The highest BCUT2D eigenvalue weighted by Crippen LogP contribution is 2.55. The van der Waals surface area contributed by atoms with E-state index >= 15 is 0 Å². The first-order chi connectivity index (χ1) is 11.6. The summed E-state index contributed by atoms with van der Waals surface area (Å²) in [5, 5.41) is 29.4. The van der Waals surface area contributed by atoms with Crippen LogP contribution in [0.1, 0.15) is 11.5 Å². The molecule has 2 N–H and O–H groups in total. The van der Waals surface area contributed by atoms with E-state index in [1.165, 1.54) is 0 Å². The van der Waals surface area contributed by atoms with Crippen molar-refractivity contribution in [3.8, 4) is 18.2 Å². The van der Waals surface area contributed by atoms with Crippen LogP contribution in [-0.2, 0) is 0 Å². The molecule has 0 saturated heterocycles. The first-order valence-corrected chi connectivity index (χ1v) is 9.31. The zero-order chi connectivity index (χ0) is 17.3. The molecule has 1 aromatic carbocycles. The maximum absolute atomic E-state index is 9.90. The third kappa shape index (κ3) is 2.25. The number of hydrogen-bond donors (Lipinski definition) is 1. The van der Waals surface area contributed by atoms with Gasteiger partial charge in [-0.3, -0.25) is 0 Å². The van der Waals surface area contributed by atoms with E-state index in [1.807, 2.05) is 30.3 Å². The fourth-order valence-corrected chi connectivity index (χ4v) is 5.15. The van der Waals surface area contributed by atoms with Crippen molar-refractivity contribution in [2.24, 2.45) is 17.1 Å². The summed E-state index contributed by atoms with van der Waals surface area (Å²) < 4.78 is 0.841. The van der Waals surface area contributed by atoms with E-state index < -0.39 is 11.3 Å². The minimum Gasteiger partial charge on any atom is -0.399 e. The molecule has 1 aromatic rings. The minimum atomic E-state index is -1.55. The van der Waals surface area contributed by atoms with Crippen LogP contribution in [0.4, 0.5) is 0 Å². The predicted octanol–water partition coefficient (Wildman–Crippen LogP) is 3.61. The number of fused-ring (bicyclic) bond motifs is 1. The van der Waals surface area contributed by atoms with Crippen molar-refractivity contribution in [1.82, 2.24) is 0 Å². The standard InChI is InChI=1S/C18H13BrN4S/c19-15-4-2-1-3-12(15)16-14-8-24-6-5-11(14)13(7-20)17(23)18(16,9-21)10-22/h1-5,14,16H,6,8,23H2/t14-,16+/m1/s1. The summed E-state index contributed by atoms with van der Waals surface area (Å²) in [7, 11) is 0. The van der Waals surface area contributed by atoms with Crippen LogP contribution < -0.4 is 5.73 Å². The number of rotatable bonds is 1. The van der Waals surface area contributed by atoms with E-state index in [1.54, 1.807) is 11.8 Å². The molecule has 0 saturated carbocycles. The number of halogens is 1. The second kappa shape index (κ2) is 6.36. The molecule has 0 bridgehead atoms. The largest absolute Gasteiger partial charge is 0.399 e. The van der Waals surface area contributed by atoms with E-state index in [0.717, 1.165) is 27.1 Å². The second-order valence-electron chi connectivity index (χ2n) is 5.73. The normalized spacial score (nSPS) is 24.8. The Balaban J connectivity index is 2.37. The van der Waals surface area contributed by atoms with Crippen LogP contribution in [0.2, 0.25) is 0 Å². The Labute approximate surface area is 153 Å².